The first-order valence-corrected chi connectivity index (χ1v) is 7.10. The Morgan fingerprint density at radius 1 is 1.50 bits per heavy atom. The van der Waals surface area contributed by atoms with Gasteiger partial charge >= 0.3 is 0 Å². The van der Waals surface area contributed by atoms with Crippen molar-refractivity contribution in [1.82, 2.24) is 10.6 Å². The molecule has 1 amide bonds. The topological polar surface area (TPSA) is 41.1 Å². The van der Waals surface area contributed by atoms with E-state index in [0.29, 0.717) is 6.42 Å². The Kier molecular flexibility index (Phi) is 6.68. The molecule has 1 rings (SSSR count). The van der Waals surface area contributed by atoms with Gasteiger partial charge in [0.05, 0.1) is 3.79 Å². The van der Waals surface area contributed by atoms with Crippen LogP contribution in [0, 0.1) is 0 Å². The van der Waals surface area contributed by atoms with E-state index in [1.54, 1.807) is 11.3 Å². The van der Waals surface area contributed by atoms with Crippen LogP contribution >= 0.6 is 27.3 Å². The molecule has 0 atom stereocenters. The second-order valence-corrected chi connectivity index (χ2v) is 5.83. The van der Waals surface area contributed by atoms with Crippen LogP contribution in [0.5, 0.6) is 0 Å². The molecule has 1 aromatic heterocycles. The molecule has 0 saturated carbocycles. The number of hydrogen-bond acceptors (Lipinski definition) is 3. The Hall–Kier alpha value is -0.390. The van der Waals surface area contributed by atoms with Crippen LogP contribution < -0.4 is 10.6 Å². The number of carbonyl (C=O) groups excluding carboxylic acids is 1. The number of rotatable bonds is 7. The smallest absolute Gasteiger partial charge is 0.221 e. The van der Waals surface area contributed by atoms with Crippen LogP contribution in [0.4, 0.5) is 0 Å². The van der Waals surface area contributed by atoms with E-state index < -0.39 is 0 Å². The molecule has 1 heterocycles. The summed E-state index contributed by atoms with van der Waals surface area (Å²) in [6.45, 7) is 4.37. The van der Waals surface area contributed by atoms with Crippen molar-refractivity contribution in [3.05, 3.63) is 20.8 Å². The molecule has 90 valence electrons. The van der Waals surface area contributed by atoms with Crippen molar-refractivity contribution >= 4 is 33.2 Å². The van der Waals surface area contributed by atoms with Crippen molar-refractivity contribution in [2.24, 2.45) is 0 Å². The number of thiophene rings is 1. The van der Waals surface area contributed by atoms with Gasteiger partial charge in [-0.25, -0.2) is 0 Å². The Balaban J connectivity index is 2.05. The van der Waals surface area contributed by atoms with Crippen molar-refractivity contribution in [3.63, 3.8) is 0 Å². The highest BCUT2D eigenvalue weighted by Gasteiger charge is 2.00. The highest BCUT2D eigenvalue weighted by molar-refractivity contribution is 9.11. The SMILES string of the molecule is CCCNC(=O)CCNCc1csc(Br)c1. The predicted molar refractivity (Wildman–Crippen MR) is 71.6 cm³/mol. The van der Waals surface area contributed by atoms with Crippen LogP contribution in [0.1, 0.15) is 25.3 Å². The van der Waals surface area contributed by atoms with Gasteiger partial charge in [-0.15, -0.1) is 11.3 Å². The van der Waals surface area contributed by atoms with Gasteiger partial charge in [0, 0.05) is 26.1 Å². The van der Waals surface area contributed by atoms with Crippen LogP contribution in [-0.4, -0.2) is 19.0 Å². The Morgan fingerprint density at radius 3 is 2.94 bits per heavy atom. The van der Waals surface area contributed by atoms with E-state index in [1.165, 1.54) is 5.56 Å². The summed E-state index contributed by atoms with van der Waals surface area (Å²) < 4.78 is 1.14. The number of nitrogens with one attached hydrogen (secondary N) is 2. The molecule has 2 N–H and O–H groups in total. The zero-order valence-corrected chi connectivity index (χ0v) is 11.8. The monoisotopic (exact) mass is 304 g/mol. The number of halogens is 1. The molecular weight excluding hydrogens is 288 g/mol. The number of carbonyl (C=O) groups is 1. The van der Waals surface area contributed by atoms with E-state index in [9.17, 15) is 4.79 Å². The summed E-state index contributed by atoms with van der Waals surface area (Å²) in [5, 5.41) is 8.20. The molecule has 0 aliphatic heterocycles. The maximum atomic E-state index is 11.3. The second-order valence-electron chi connectivity index (χ2n) is 3.54. The molecule has 0 radical (unpaired) electrons. The molecule has 5 heteroatoms. The van der Waals surface area contributed by atoms with Crippen LogP contribution in [0.3, 0.4) is 0 Å². The molecule has 0 spiro atoms. The van der Waals surface area contributed by atoms with E-state index in [4.69, 9.17) is 0 Å². The minimum Gasteiger partial charge on any atom is -0.356 e. The van der Waals surface area contributed by atoms with Crippen LogP contribution in [0.15, 0.2) is 15.2 Å². The average molecular weight is 305 g/mol. The lowest BCUT2D eigenvalue weighted by Gasteiger charge is -2.04. The van der Waals surface area contributed by atoms with E-state index in [-0.39, 0.29) is 5.91 Å². The molecule has 16 heavy (non-hydrogen) atoms. The van der Waals surface area contributed by atoms with Crippen molar-refractivity contribution in [3.8, 4) is 0 Å². The van der Waals surface area contributed by atoms with Gasteiger partial charge in [-0.05, 0) is 39.4 Å². The molecule has 0 unspecified atom stereocenters. The lowest BCUT2D eigenvalue weighted by atomic mass is 10.3. The molecule has 1 aromatic rings. The van der Waals surface area contributed by atoms with Gasteiger partial charge < -0.3 is 10.6 Å². The molecule has 0 bridgehead atoms. The Bertz CT molecular complexity index is 328. The Labute approximate surface area is 109 Å². The van der Waals surface area contributed by atoms with Gasteiger partial charge in [-0.3, -0.25) is 4.79 Å². The van der Waals surface area contributed by atoms with E-state index in [2.05, 4.69) is 38.0 Å². The molecule has 0 aromatic carbocycles. The zero-order valence-electron chi connectivity index (χ0n) is 9.38. The van der Waals surface area contributed by atoms with Gasteiger partial charge in [0.2, 0.25) is 5.91 Å². The third kappa shape index (κ3) is 5.63. The first-order valence-electron chi connectivity index (χ1n) is 5.42. The average Bonchev–Trinajstić information content (AvgIpc) is 2.67. The third-order valence-corrected chi connectivity index (χ3v) is 3.61. The van der Waals surface area contributed by atoms with Crippen LogP contribution in [-0.2, 0) is 11.3 Å². The summed E-state index contributed by atoms with van der Waals surface area (Å²) >= 11 is 5.10. The number of amides is 1. The van der Waals surface area contributed by atoms with Gasteiger partial charge in [-0.2, -0.15) is 0 Å². The molecule has 0 saturated heterocycles. The molecule has 0 aliphatic carbocycles. The maximum Gasteiger partial charge on any atom is 0.221 e. The Morgan fingerprint density at radius 2 is 2.31 bits per heavy atom. The van der Waals surface area contributed by atoms with Crippen molar-refractivity contribution in [1.29, 1.82) is 0 Å². The predicted octanol–water partition coefficient (Wildman–Crippen LogP) is 2.52. The van der Waals surface area contributed by atoms with E-state index in [1.807, 2.05) is 6.92 Å². The van der Waals surface area contributed by atoms with E-state index in [0.717, 1.165) is 29.8 Å². The number of hydrogen-bond donors (Lipinski definition) is 2. The quantitative estimate of drug-likeness (QED) is 0.760. The minimum absolute atomic E-state index is 0.126. The van der Waals surface area contributed by atoms with Crippen LogP contribution in [0.25, 0.3) is 0 Å². The van der Waals surface area contributed by atoms with Crippen molar-refractivity contribution < 1.29 is 4.79 Å². The molecule has 0 fully saturated rings. The summed E-state index contributed by atoms with van der Waals surface area (Å²) in [5.74, 6) is 0.126. The summed E-state index contributed by atoms with van der Waals surface area (Å²) in [5.41, 5.74) is 1.26. The summed E-state index contributed by atoms with van der Waals surface area (Å²) in [7, 11) is 0. The normalized spacial score (nSPS) is 10.4. The summed E-state index contributed by atoms with van der Waals surface area (Å²) in [6, 6.07) is 2.09. The highest BCUT2D eigenvalue weighted by atomic mass is 79.9. The van der Waals surface area contributed by atoms with Crippen LogP contribution in [0.2, 0.25) is 0 Å². The second kappa shape index (κ2) is 7.81. The first kappa shape index (κ1) is 13.7. The fourth-order valence-corrected chi connectivity index (χ4v) is 2.44. The molecule has 0 aliphatic rings. The first-order chi connectivity index (χ1) is 7.72. The van der Waals surface area contributed by atoms with E-state index >= 15 is 0 Å². The largest absolute Gasteiger partial charge is 0.356 e. The minimum atomic E-state index is 0.126. The lowest BCUT2D eigenvalue weighted by molar-refractivity contribution is -0.120. The van der Waals surface area contributed by atoms with Crippen molar-refractivity contribution in [2.45, 2.75) is 26.3 Å². The fraction of sp³-hybridized carbons (Fsp3) is 0.545. The van der Waals surface area contributed by atoms with Crippen molar-refractivity contribution in [2.75, 3.05) is 13.1 Å². The third-order valence-electron chi connectivity index (χ3n) is 2.05. The molecule has 3 nitrogen and oxygen atoms in total. The zero-order chi connectivity index (χ0) is 11.8. The lowest BCUT2D eigenvalue weighted by Crippen LogP contribution is -2.27. The standard InChI is InChI=1S/C11H17BrN2OS/c1-2-4-14-11(15)3-5-13-7-9-6-10(12)16-8-9/h6,8,13H,2-5,7H2,1H3,(H,14,15). The molecular formula is C11H17BrN2OS. The maximum absolute atomic E-state index is 11.3. The van der Waals surface area contributed by atoms with Gasteiger partial charge in [0.15, 0.2) is 0 Å². The van der Waals surface area contributed by atoms with Gasteiger partial charge in [-0.1, -0.05) is 6.92 Å². The van der Waals surface area contributed by atoms with Gasteiger partial charge in [0.25, 0.3) is 0 Å². The highest BCUT2D eigenvalue weighted by Crippen LogP contribution is 2.20. The fourth-order valence-electron chi connectivity index (χ4n) is 1.23. The van der Waals surface area contributed by atoms with Gasteiger partial charge in [0.1, 0.15) is 0 Å². The summed E-state index contributed by atoms with van der Waals surface area (Å²) in [6.07, 6.45) is 1.54. The summed E-state index contributed by atoms with van der Waals surface area (Å²) in [4.78, 5) is 11.3.